The highest BCUT2D eigenvalue weighted by Crippen LogP contribution is 2.23. The van der Waals surface area contributed by atoms with E-state index in [4.69, 9.17) is 0 Å². The Hall–Kier alpha value is -3.98. The molecule has 148 valence electrons. The van der Waals surface area contributed by atoms with Crippen LogP contribution < -0.4 is 11.0 Å². The molecule has 4 aromatic heterocycles. The van der Waals surface area contributed by atoms with Crippen molar-refractivity contribution >= 4 is 28.6 Å². The first-order valence-corrected chi connectivity index (χ1v) is 10.1. The number of nitrogens with one attached hydrogen (secondary N) is 2. The van der Waals surface area contributed by atoms with Crippen molar-refractivity contribution in [2.24, 2.45) is 0 Å². The topological polar surface area (TPSA) is 97.1 Å². The summed E-state index contributed by atoms with van der Waals surface area (Å²) in [6, 6.07) is 18.4. The van der Waals surface area contributed by atoms with Crippen molar-refractivity contribution in [3.05, 3.63) is 94.0 Å². The predicted octanol–water partition coefficient (Wildman–Crippen LogP) is 3.25. The van der Waals surface area contributed by atoms with Gasteiger partial charge in [-0.2, -0.15) is 5.10 Å². The summed E-state index contributed by atoms with van der Waals surface area (Å²) in [5.74, 6) is -0.309. The molecule has 0 saturated carbocycles. The zero-order chi connectivity index (χ0) is 20.5. The number of fused-ring (bicyclic) bond motifs is 1. The molecule has 0 fully saturated rings. The molecule has 0 bridgehead atoms. The average Bonchev–Trinajstić information content (AvgIpc) is 3.49. The molecule has 0 spiro atoms. The average molecular weight is 416 g/mol. The van der Waals surface area contributed by atoms with E-state index in [2.05, 4.69) is 20.6 Å². The van der Waals surface area contributed by atoms with Crippen molar-refractivity contribution in [3.8, 4) is 10.6 Å². The van der Waals surface area contributed by atoms with Gasteiger partial charge in [0.25, 0.3) is 5.91 Å². The number of H-pyrrole nitrogens is 1. The summed E-state index contributed by atoms with van der Waals surface area (Å²) >= 11 is 1.57. The number of rotatable bonds is 5. The smallest absolute Gasteiger partial charge is 0.321 e. The van der Waals surface area contributed by atoms with Crippen molar-refractivity contribution in [3.63, 3.8) is 0 Å². The quantitative estimate of drug-likeness (QED) is 0.460. The number of hydrogen-bond donors (Lipinski definition) is 2. The normalized spacial score (nSPS) is 11.1. The maximum absolute atomic E-state index is 12.6. The Morgan fingerprint density at radius 2 is 2.03 bits per heavy atom. The monoisotopic (exact) mass is 416 g/mol. The number of hydrogen-bond acceptors (Lipinski definition) is 5. The van der Waals surface area contributed by atoms with Crippen LogP contribution in [0.15, 0.2) is 77.0 Å². The van der Waals surface area contributed by atoms with Gasteiger partial charge in [0.1, 0.15) is 0 Å². The standard InChI is InChI=1S/C21H16N6O2S/c28-20(17-12-16(23-24-17)18-7-4-10-30-18)22-15-6-3-5-14(11-15)13-27-21(29)26-9-2-1-8-19(26)25-27/h1-12H,13H2,(H,22,28)(H,23,24). The summed E-state index contributed by atoms with van der Waals surface area (Å²) in [5, 5.41) is 16.2. The number of aromatic nitrogens is 5. The molecule has 0 aliphatic carbocycles. The lowest BCUT2D eigenvalue weighted by Gasteiger charge is -2.06. The maximum atomic E-state index is 12.6. The molecule has 30 heavy (non-hydrogen) atoms. The molecular weight excluding hydrogens is 400 g/mol. The van der Waals surface area contributed by atoms with Gasteiger partial charge in [0.2, 0.25) is 0 Å². The van der Waals surface area contributed by atoms with E-state index in [0.717, 1.165) is 16.1 Å². The number of thiophene rings is 1. The lowest BCUT2D eigenvalue weighted by atomic mass is 10.2. The van der Waals surface area contributed by atoms with E-state index in [9.17, 15) is 9.59 Å². The van der Waals surface area contributed by atoms with Crippen molar-refractivity contribution in [1.29, 1.82) is 0 Å². The number of carbonyl (C=O) groups is 1. The number of carbonyl (C=O) groups excluding carboxylic acids is 1. The third-order valence-electron chi connectivity index (χ3n) is 4.60. The van der Waals surface area contributed by atoms with Crippen molar-refractivity contribution < 1.29 is 4.79 Å². The van der Waals surface area contributed by atoms with Gasteiger partial charge < -0.3 is 5.32 Å². The Morgan fingerprint density at radius 3 is 2.87 bits per heavy atom. The summed E-state index contributed by atoms with van der Waals surface area (Å²) in [6.45, 7) is 0.301. The second-order valence-electron chi connectivity index (χ2n) is 6.67. The third kappa shape index (κ3) is 3.42. The molecular formula is C21H16N6O2S. The number of benzene rings is 1. The minimum Gasteiger partial charge on any atom is -0.321 e. The molecule has 8 nitrogen and oxygen atoms in total. The van der Waals surface area contributed by atoms with Gasteiger partial charge in [-0.25, -0.2) is 9.48 Å². The second-order valence-corrected chi connectivity index (χ2v) is 7.62. The molecule has 9 heteroatoms. The van der Waals surface area contributed by atoms with E-state index in [0.29, 0.717) is 23.6 Å². The number of anilines is 1. The molecule has 0 aliphatic heterocycles. The fourth-order valence-electron chi connectivity index (χ4n) is 3.18. The van der Waals surface area contributed by atoms with Crippen LogP contribution in [-0.4, -0.2) is 30.3 Å². The highest BCUT2D eigenvalue weighted by molar-refractivity contribution is 7.13. The predicted molar refractivity (Wildman–Crippen MR) is 115 cm³/mol. The summed E-state index contributed by atoms with van der Waals surface area (Å²) in [7, 11) is 0. The SMILES string of the molecule is O=C(Nc1cccc(Cn2nc3ccccn3c2=O)c1)c1cc(-c2cccs2)[nH]n1. The third-order valence-corrected chi connectivity index (χ3v) is 5.51. The molecule has 0 radical (unpaired) electrons. The molecule has 1 aromatic carbocycles. The van der Waals surface area contributed by atoms with Crippen LogP contribution >= 0.6 is 11.3 Å². The van der Waals surface area contributed by atoms with Crippen LogP contribution in [-0.2, 0) is 6.54 Å². The Kier molecular flexibility index (Phi) is 4.49. The Labute approximate surface area is 174 Å². The molecule has 0 atom stereocenters. The number of nitrogens with zero attached hydrogens (tertiary/aromatic N) is 4. The van der Waals surface area contributed by atoms with Crippen molar-refractivity contribution in [2.45, 2.75) is 6.54 Å². The Bertz CT molecular complexity index is 1400. The number of amides is 1. The van der Waals surface area contributed by atoms with E-state index < -0.39 is 0 Å². The zero-order valence-corrected chi connectivity index (χ0v) is 16.5. The summed E-state index contributed by atoms with van der Waals surface area (Å²) in [6.07, 6.45) is 1.69. The minimum absolute atomic E-state index is 0.210. The van der Waals surface area contributed by atoms with Gasteiger partial charge >= 0.3 is 5.69 Å². The van der Waals surface area contributed by atoms with Gasteiger partial charge in [-0.1, -0.05) is 24.3 Å². The highest BCUT2D eigenvalue weighted by atomic mass is 32.1. The number of aromatic amines is 1. The van der Waals surface area contributed by atoms with E-state index in [1.807, 2.05) is 41.8 Å². The van der Waals surface area contributed by atoms with E-state index >= 15 is 0 Å². The van der Waals surface area contributed by atoms with Crippen molar-refractivity contribution in [1.82, 2.24) is 24.4 Å². The van der Waals surface area contributed by atoms with Crippen LogP contribution in [0.3, 0.4) is 0 Å². The summed E-state index contributed by atoms with van der Waals surface area (Å²) < 4.78 is 2.89. The molecule has 0 unspecified atom stereocenters. The van der Waals surface area contributed by atoms with Crippen LogP contribution in [0.25, 0.3) is 16.2 Å². The first-order valence-electron chi connectivity index (χ1n) is 9.21. The molecule has 1 amide bonds. The lowest BCUT2D eigenvalue weighted by molar-refractivity contribution is 0.102. The fourth-order valence-corrected chi connectivity index (χ4v) is 3.88. The van der Waals surface area contributed by atoms with Crippen LogP contribution in [0.1, 0.15) is 16.1 Å². The first-order chi connectivity index (χ1) is 14.7. The molecule has 5 aromatic rings. The van der Waals surface area contributed by atoms with E-state index in [-0.39, 0.29) is 11.6 Å². The van der Waals surface area contributed by atoms with Crippen LogP contribution in [0.4, 0.5) is 5.69 Å². The molecule has 0 saturated heterocycles. The molecule has 5 rings (SSSR count). The Balaban J connectivity index is 1.34. The van der Waals surface area contributed by atoms with Crippen molar-refractivity contribution in [2.75, 3.05) is 5.32 Å². The summed E-state index contributed by atoms with van der Waals surface area (Å²) in [5.41, 5.74) is 2.95. The second kappa shape index (κ2) is 7.45. The maximum Gasteiger partial charge on any atom is 0.350 e. The van der Waals surface area contributed by atoms with Crippen LogP contribution in [0.2, 0.25) is 0 Å². The van der Waals surface area contributed by atoms with Crippen LogP contribution in [0.5, 0.6) is 0 Å². The van der Waals surface area contributed by atoms with Gasteiger partial charge in [-0.15, -0.1) is 16.4 Å². The van der Waals surface area contributed by atoms with Gasteiger partial charge in [0, 0.05) is 11.9 Å². The number of pyridine rings is 1. The molecule has 0 aliphatic rings. The van der Waals surface area contributed by atoms with Gasteiger partial charge in [0.15, 0.2) is 11.3 Å². The molecule has 4 heterocycles. The van der Waals surface area contributed by atoms with E-state index in [1.165, 1.54) is 9.08 Å². The fraction of sp³-hybridized carbons (Fsp3) is 0.0476. The summed E-state index contributed by atoms with van der Waals surface area (Å²) in [4.78, 5) is 26.1. The first kappa shape index (κ1) is 18.1. The van der Waals surface area contributed by atoms with E-state index in [1.54, 1.807) is 41.8 Å². The van der Waals surface area contributed by atoms with Gasteiger partial charge in [0.05, 0.1) is 17.1 Å². The molecule has 2 N–H and O–H groups in total. The Morgan fingerprint density at radius 1 is 1.10 bits per heavy atom. The highest BCUT2D eigenvalue weighted by Gasteiger charge is 2.13. The lowest BCUT2D eigenvalue weighted by Crippen LogP contribution is -2.21. The largest absolute Gasteiger partial charge is 0.350 e. The zero-order valence-electron chi connectivity index (χ0n) is 15.6. The van der Waals surface area contributed by atoms with Gasteiger partial charge in [-0.3, -0.25) is 14.3 Å². The van der Waals surface area contributed by atoms with Crippen LogP contribution in [0, 0.1) is 0 Å². The van der Waals surface area contributed by atoms with Gasteiger partial charge in [-0.05, 0) is 47.3 Å². The minimum atomic E-state index is -0.309.